The maximum absolute atomic E-state index is 11.4. The highest BCUT2D eigenvalue weighted by atomic mass is 16.2. The second-order valence-electron chi connectivity index (χ2n) is 3.80. The molecule has 2 aliphatic rings. The average molecular weight is 182 g/mol. The number of amides is 1. The Morgan fingerprint density at radius 2 is 2.31 bits per heavy atom. The van der Waals surface area contributed by atoms with Gasteiger partial charge in [-0.2, -0.15) is 0 Å². The van der Waals surface area contributed by atoms with Crippen molar-refractivity contribution in [1.82, 2.24) is 10.2 Å². The molecule has 2 rings (SSSR count). The molecule has 1 amide bonds. The summed E-state index contributed by atoms with van der Waals surface area (Å²) < 4.78 is 0. The Kier molecular flexibility index (Phi) is 2.31. The van der Waals surface area contributed by atoms with Crippen LogP contribution in [0.4, 0.5) is 0 Å². The molecule has 0 bridgehead atoms. The second-order valence-corrected chi connectivity index (χ2v) is 3.80. The van der Waals surface area contributed by atoms with E-state index in [2.05, 4.69) is 5.32 Å². The van der Waals surface area contributed by atoms with Crippen LogP contribution in [0.15, 0.2) is 0 Å². The van der Waals surface area contributed by atoms with Crippen molar-refractivity contribution in [2.45, 2.75) is 12.8 Å². The fourth-order valence-electron chi connectivity index (χ4n) is 1.58. The summed E-state index contributed by atoms with van der Waals surface area (Å²) in [6.45, 7) is 2.34. The van der Waals surface area contributed by atoms with Gasteiger partial charge < -0.3 is 5.32 Å². The van der Waals surface area contributed by atoms with Gasteiger partial charge in [-0.05, 0) is 12.8 Å². The molecule has 1 saturated heterocycles. The van der Waals surface area contributed by atoms with Gasteiger partial charge in [0.2, 0.25) is 5.91 Å². The maximum Gasteiger partial charge on any atom is 0.234 e. The van der Waals surface area contributed by atoms with Crippen LogP contribution in [0.5, 0.6) is 0 Å². The minimum Gasteiger partial charge on any atom is -0.354 e. The standard InChI is InChI=1S/C9H14N2O2/c12-8(7-1-2-7)5-11-4-3-10-9(13)6-11/h7H,1-6H2,(H,10,13). The Labute approximate surface area is 77.3 Å². The zero-order chi connectivity index (χ0) is 9.26. The van der Waals surface area contributed by atoms with E-state index in [1.165, 1.54) is 0 Å². The third-order valence-electron chi connectivity index (χ3n) is 2.53. The van der Waals surface area contributed by atoms with Gasteiger partial charge in [0.1, 0.15) is 5.78 Å². The third kappa shape index (κ3) is 2.28. The van der Waals surface area contributed by atoms with Crippen LogP contribution in [0.2, 0.25) is 0 Å². The van der Waals surface area contributed by atoms with Gasteiger partial charge in [0.05, 0.1) is 13.1 Å². The first-order valence-electron chi connectivity index (χ1n) is 4.77. The molecule has 1 saturated carbocycles. The molecule has 4 heteroatoms. The monoisotopic (exact) mass is 182 g/mol. The molecule has 0 unspecified atom stereocenters. The molecule has 72 valence electrons. The van der Waals surface area contributed by atoms with E-state index in [0.717, 1.165) is 19.4 Å². The summed E-state index contributed by atoms with van der Waals surface area (Å²) in [7, 11) is 0. The minimum atomic E-state index is 0.0369. The minimum absolute atomic E-state index is 0.0369. The second kappa shape index (κ2) is 3.46. The molecule has 13 heavy (non-hydrogen) atoms. The number of hydrogen-bond acceptors (Lipinski definition) is 3. The molecule has 1 aliphatic heterocycles. The van der Waals surface area contributed by atoms with E-state index < -0.39 is 0 Å². The van der Waals surface area contributed by atoms with Gasteiger partial charge in [-0.3, -0.25) is 14.5 Å². The summed E-state index contributed by atoms with van der Waals surface area (Å²) in [5.74, 6) is 0.662. The predicted octanol–water partition coefficient (Wildman–Crippen LogP) is -0.603. The van der Waals surface area contributed by atoms with Gasteiger partial charge in [0, 0.05) is 19.0 Å². The molecule has 0 aromatic heterocycles. The summed E-state index contributed by atoms with van der Waals surface area (Å²) in [6.07, 6.45) is 2.11. The van der Waals surface area contributed by atoms with E-state index in [4.69, 9.17) is 0 Å². The molecule has 2 fully saturated rings. The quantitative estimate of drug-likeness (QED) is 0.634. The van der Waals surface area contributed by atoms with Crippen molar-refractivity contribution in [2.24, 2.45) is 5.92 Å². The Morgan fingerprint density at radius 1 is 1.54 bits per heavy atom. The van der Waals surface area contributed by atoms with Crippen LogP contribution >= 0.6 is 0 Å². The van der Waals surface area contributed by atoms with E-state index in [-0.39, 0.29) is 5.91 Å². The molecular formula is C9H14N2O2. The van der Waals surface area contributed by atoms with Crippen molar-refractivity contribution >= 4 is 11.7 Å². The van der Waals surface area contributed by atoms with Crippen molar-refractivity contribution in [3.05, 3.63) is 0 Å². The highest BCUT2D eigenvalue weighted by Crippen LogP contribution is 2.29. The van der Waals surface area contributed by atoms with Crippen molar-refractivity contribution in [3.63, 3.8) is 0 Å². The zero-order valence-corrected chi connectivity index (χ0v) is 7.58. The summed E-state index contributed by atoms with van der Waals surface area (Å²) in [5.41, 5.74) is 0. The lowest BCUT2D eigenvalue weighted by Crippen LogP contribution is -2.49. The first kappa shape index (κ1) is 8.69. The smallest absolute Gasteiger partial charge is 0.234 e. The summed E-state index contributed by atoms with van der Waals surface area (Å²) >= 11 is 0. The molecule has 1 heterocycles. The van der Waals surface area contributed by atoms with Crippen LogP contribution in [0.25, 0.3) is 0 Å². The van der Waals surface area contributed by atoms with Crippen LogP contribution in [0, 0.1) is 5.92 Å². The summed E-state index contributed by atoms with van der Waals surface area (Å²) in [6, 6.07) is 0. The number of rotatable bonds is 3. The molecular weight excluding hydrogens is 168 g/mol. The summed E-state index contributed by atoms with van der Waals surface area (Å²) in [4.78, 5) is 24.3. The topological polar surface area (TPSA) is 49.4 Å². The highest BCUT2D eigenvalue weighted by molar-refractivity contribution is 5.86. The molecule has 0 aromatic carbocycles. The fourth-order valence-corrected chi connectivity index (χ4v) is 1.58. The number of carbonyl (C=O) groups is 2. The Bertz CT molecular complexity index is 236. The number of ketones is 1. The highest BCUT2D eigenvalue weighted by Gasteiger charge is 2.31. The van der Waals surface area contributed by atoms with Crippen LogP contribution < -0.4 is 5.32 Å². The molecule has 4 nitrogen and oxygen atoms in total. The molecule has 0 atom stereocenters. The Balaban J connectivity index is 1.79. The van der Waals surface area contributed by atoms with E-state index in [0.29, 0.717) is 31.3 Å². The van der Waals surface area contributed by atoms with Gasteiger partial charge in [-0.25, -0.2) is 0 Å². The number of piperazine rings is 1. The maximum atomic E-state index is 11.4. The van der Waals surface area contributed by atoms with E-state index in [1.807, 2.05) is 4.90 Å². The van der Waals surface area contributed by atoms with Crippen LogP contribution in [0.3, 0.4) is 0 Å². The van der Waals surface area contributed by atoms with Crippen LogP contribution in [0.1, 0.15) is 12.8 Å². The van der Waals surface area contributed by atoms with E-state index >= 15 is 0 Å². The Morgan fingerprint density at radius 3 is 2.92 bits per heavy atom. The molecule has 0 aromatic rings. The first-order chi connectivity index (χ1) is 6.25. The van der Waals surface area contributed by atoms with Crippen molar-refractivity contribution < 1.29 is 9.59 Å². The van der Waals surface area contributed by atoms with Gasteiger partial charge in [-0.15, -0.1) is 0 Å². The lowest BCUT2D eigenvalue weighted by molar-refractivity contribution is -0.126. The molecule has 0 radical (unpaired) electrons. The number of carbonyl (C=O) groups excluding carboxylic acids is 2. The molecule has 0 spiro atoms. The molecule has 1 aliphatic carbocycles. The summed E-state index contributed by atoms with van der Waals surface area (Å²) in [5, 5.41) is 2.74. The molecule has 1 N–H and O–H groups in total. The number of nitrogens with zero attached hydrogens (tertiary/aromatic N) is 1. The number of Topliss-reactive ketones (excluding diaryl/α,β-unsaturated/α-hetero) is 1. The van der Waals surface area contributed by atoms with Crippen molar-refractivity contribution in [2.75, 3.05) is 26.2 Å². The predicted molar refractivity (Wildman–Crippen MR) is 47.2 cm³/mol. The largest absolute Gasteiger partial charge is 0.354 e. The van der Waals surface area contributed by atoms with Gasteiger partial charge in [0.25, 0.3) is 0 Å². The van der Waals surface area contributed by atoms with Crippen molar-refractivity contribution in [3.8, 4) is 0 Å². The third-order valence-corrected chi connectivity index (χ3v) is 2.53. The van der Waals surface area contributed by atoms with Crippen LogP contribution in [-0.2, 0) is 9.59 Å². The van der Waals surface area contributed by atoms with E-state index in [9.17, 15) is 9.59 Å². The lowest BCUT2D eigenvalue weighted by atomic mass is 10.2. The first-order valence-corrected chi connectivity index (χ1v) is 4.77. The zero-order valence-electron chi connectivity index (χ0n) is 7.58. The SMILES string of the molecule is O=C1CN(CC(=O)C2CC2)CCN1. The van der Waals surface area contributed by atoms with Crippen LogP contribution in [-0.4, -0.2) is 42.8 Å². The van der Waals surface area contributed by atoms with E-state index in [1.54, 1.807) is 0 Å². The number of hydrogen-bond donors (Lipinski definition) is 1. The van der Waals surface area contributed by atoms with Gasteiger partial charge in [-0.1, -0.05) is 0 Å². The number of nitrogens with one attached hydrogen (secondary N) is 1. The van der Waals surface area contributed by atoms with Gasteiger partial charge in [0.15, 0.2) is 0 Å². The lowest BCUT2D eigenvalue weighted by Gasteiger charge is -2.25. The Hall–Kier alpha value is -0.900. The normalized spacial score (nSPS) is 24.2. The fraction of sp³-hybridized carbons (Fsp3) is 0.778. The average Bonchev–Trinajstić information content (AvgIpc) is 2.85. The van der Waals surface area contributed by atoms with Crippen molar-refractivity contribution in [1.29, 1.82) is 0 Å². The van der Waals surface area contributed by atoms with Gasteiger partial charge >= 0.3 is 0 Å².